The van der Waals surface area contributed by atoms with E-state index in [0.717, 1.165) is 0 Å². The monoisotopic (exact) mass is 487 g/mol. The summed E-state index contributed by atoms with van der Waals surface area (Å²) in [6, 6.07) is 10.9. The summed E-state index contributed by atoms with van der Waals surface area (Å²) >= 11 is 0. The van der Waals surface area contributed by atoms with Gasteiger partial charge in [0.05, 0.1) is 21.7 Å². The van der Waals surface area contributed by atoms with Gasteiger partial charge in [-0.15, -0.1) is 0 Å². The highest BCUT2D eigenvalue weighted by molar-refractivity contribution is 7.92. The van der Waals surface area contributed by atoms with Crippen LogP contribution < -0.4 is 19.7 Å². The Kier molecular flexibility index (Phi) is 7.26. The molecule has 8 nitrogen and oxygen atoms in total. The van der Waals surface area contributed by atoms with Gasteiger partial charge in [0.15, 0.2) is 0 Å². The largest absolute Gasteiger partial charge is 0.490 e. The molecule has 2 amide bonds. The Labute approximate surface area is 201 Å². The van der Waals surface area contributed by atoms with Crippen molar-refractivity contribution in [2.75, 3.05) is 28.1 Å². The molecular weight excluding hydrogens is 454 g/mol. The maximum Gasteiger partial charge on any atom is 0.261 e. The normalized spacial score (nSPS) is 15.5. The summed E-state index contributed by atoms with van der Waals surface area (Å²) in [5.74, 6) is 0.339. The lowest BCUT2D eigenvalue weighted by Crippen LogP contribution is -2.43. The fourth-order valence-electron chi connectivity index (χ4n) is 3.48. The van der Waals surface area contributed by atoms with Gasteiger partial charge in [-0.05, 0) is 56.2 Å². The van der Waals surface area contributed by atoms with E-state index in [2.05, 4.69) is 10.0 Å². The summed E-state index contributed by atoms with van der Waals surface area (Å²) in [4.78, 5) is 26.7. The lowest BCUT2D eigenvalue weighted by molar-refractivity contribution is -0.127. The van der Waals surface area contributed by atoms with Crippen LogP contribution in [-0.4, -0.2) is 33.4 Å². The number of benzene rings is 2. The highest BCUT2D eigenvalue weighted by Crippen LogP contribution is 2.39. The Morgan fingerprint density at radius 2 is 1.68 bits per heavy atom. The summed E-state index contributed by atoms with van der Waals surface area (Å²) in [6.45, 7) is 12.0. The highest BCUT2D eigenvalue weighted by atomic mass is 32.2. The zero-order valence-corrected chi connectivity index (χ0v) is 21.3. The van der Waals surface area contributed by atoms with E-state index in [0.29, 0.717) is 29.4 Å². The molecule has 9 heteroatoms. The fourth-order valence-corrected chi connectivity index (χ4v) is 4.52. The Bertz CT molecular complexity index is 1170. The van der Waals surface area contributed by atoms with Gasteiger partial charge < -0.3 is 15.0 Å². The third-order valence-corrected chi connectivity index (χ3v) is 6.82. The van der Waals surface area contributed by atoms with Crippen molar-refractivity contribution >= 4 is 38.9 Å². The van der Waals surface area contributed by atoms with E-state index in [9.17, 15) is 18.0 Å². The fraction of sp³-hybridized carbons (Fsp3) is 0.440. The van der Waals surface area contributed by atoms with Crippen molar-refractivity contribution in [3.8, 4) is 5.75 Å². The zero-order valence-electron chi connectivity index (χ0n) is 20.5. The molecule has 2 aromatic carbocycles. The molecule has 0 saturated carbocycles. The molecule has 34 heavy (non-hydrogen) atoms. The Morgan fingerprint density at radius 1 is 1.06 bits per heavy atom. The summed E-state index contributed by atoms with van der Waals surface area (Å²) in [5, 5.41) is 2.73. The number of carbonyl (C=O) groups is 2. The predicted octanol–water partition coefficient (Wildman–Crippen LogP) is 4.49. The van der Waals surface area contributed by atoms with Crippen LogP contribution in [0.4, 0.5) is 17.1 Å². The quantitative estimate of drug-likeness (QED) is 0.599. The zero-order chi connectivity index (χ0) is 25.3. The van der Waals surface area contributed by atoms with Gasteiger partial charge in [-0.3, -0.25) is 14.3 Å². The van der Waals surface area contributed by atoms with E-state index in [1.807, 2.05) is 27.7 Å². The molecule has 3 rings (SSSR count). The summed E-state index contributed by atoms with van der Waals surface area (Å²) in [5.41, 5.74) is 0.763. The summed E-state index contributed by atoms with van der Waals surface area (Å²) in [7, 11) is -3.88. The first kappa shape index (κ1) is 25.6. The van der Waals surface area contributed by atoms with E-state index in [-0.39, 0.29) is 35.2 Å². The lowest BCUT2D eigenvalue weighted by atomic mass is 9.92. The SMILES string of the molecule is CC(C)CN1C(=O)C(C)(C)COc2cc(NS(=O)(=O)c3ccc(NC(=O)C(C)C)cc3)ccc21. The number of ether oxygens (including phenoxy) is 1. The van der Waals surface area contributed by atoms with E-state index < -0.39 is 15.4 Å². The molecule has 1 heterocycles. The molecule has 1 aliphatic rings. The first-order valence-corrected chi connectivity index (χ1v) is 12.8. The first-order valence-electron chi connectivity index (χ1n) is 11.3. The molecule has 0 aliphatic carbocycles. The van der Waals surface area contributed by atoms with Crippen LogP contribution in [0, 0.1) is 17.3 Å². The van der Waals surface area contributed by atoms with E-state index in [1.165, 1.54) is 12.1 Å². The van der Waals surface area contributed by atoms with E-state index >= 15 is 0 Å². The Balaban J connectivity index is 1.85. The van der Waals surface area contributed by atoms with Crippen molar-refractivity contribution in [1.82, 2.24) is 0 Å². The number of nitrogens with zero attached hydrogens (tertiary/aromatic N) is 1. The number of hydrogen-bond donors (Lipinski definition) is 2. The number of anilines is 3. The van der Waals surface area contributed by atoms with E-state index in [1.54, 1.807) is 49.1 Å². The van der Waals surface area contributed by atoms with Crippen molar-refractivity contribution in [3.05, 3.63) is 42.5 Å². The molecule has 0 radical (unpaired) electrons. The van der Waals surface area contributed by atoms with Gasteiger partial charge in [-0.1, -0.05) is 27.7 Å². The minimum Gasteiger partial charge on any atom is -0.490 e. The molecule has 0 saturated heterocycles. The minimum atomic E-state index is -3.88. The van der Waals surface area contributed by atoms with Crippen LogP contribution in [0.3, 0.4) is 0 Å². The van der Waals surface area contributed by atoms with Crippen molar-refractivity contribution in [1.29, 1.82) is 0 Å². The van der Waals surface area contributed by atoms with Gasteiger partial charge >= 0.3 is 0 Å². The highest BCUT2D eigenvalue weighted by Gasteiger charge is 2.38. The molecule has 2 N–H and O–H groups in total. The maximum atomic E-state index is 13.1. The molecular formula is C25H33N3O5S. The molecule has 1 aliphatic heterocycles. The summed E-state index contributed by atoms with van der Waals surface area (Å²) in [6.07, 6.45) is 0. The summed E-state index contributed by atoms with van der Waals surface area (Å²) < 4.78 is 34.4. The lowest BCUT2D eigenvalue weighted by Gasteiger charge is -2.29. The first-order chi connectivity index (χ1) is 15.8. The molecule has 2 aromatic rings. The van der Waals surface area contributed by atoms with Crippen LogP contribution in [0.15, 0.2) is 47.4 Å². The predicted molar refractivity (Wildman–Crippen MR) is 134 cm³/mol. The number of amides is 2. The molecule has 184 valence electrons. The van der Waals surface area contributed by atoms with Crippen molar-refractivity contribution in [3.63, 3.8) is 0 Å². The topological polar surface area (TPSA) is 105 Å². The number of carbonyl (C=O) groups excluding carboxylic acids is 2. The van der Waals surface area contributed by atoms with Crippen LogP contribution in [0.5, 0.6) is 5.75 Å². The second kappa shape index (κ2) is 9.66. The van der Waals surface area contributed by atoms with Gasteiger partial charge in [0.2, 0.25) is 11.8 Å². The van der Waals surface area contributed by atoms with Gasteiger partial charge in [0.25, 0.3) is 10.0 Å². The standard InChI is InChI=1S/C25H33N3O5S/c1-16(2)14-28-21-12-9-19(13-22(21)33-15-25(5,6)24(28)30)27-34(31,32)20-10-7-18(8-11-20)26-23(29)17(3)4/h7-13,16-17,27H,14-15H2,1-6H3,(H,26,29). The maximum absolute atomic E-state index is 13.1. The Hall–Kier alpha value is -3.07. The van der Waals surface area contributed by atoms with Crippen molar-refractivity contribution in [2.45, 2.75) is 46.4 Å². The van der Waals surface area contributed by atoms with Crippen LogP contribution in [-0.2, 0) is 19.6 Å². The van der Waals surface area contributed by atoms with Crippen LogP contribution in [0.2, 0.25) is 0 Å². The van der Waals surface area contributed by atoms with Crippen molar-refractivity contribution in [2.24, 2.45) is 17.3 Å². The number of fused-ring (bicyclic) bond motifs is 1. The average Bonchev–Trinajstić information content (AvgIpc) is 2.83. The third-order valence-electron chi connectivity index (χ3n) is 5.42. The van der Waals surface area contributed by atoms with Gasteiger partial charge in [-0.25, -0.2) is 8.42 Å². The second-order valence-corrected chi connectivity index (χ2v) is 11.6. The number of nitrogens with one attached hydrogen (secondary N) is 2. The molecule has 0 spiro atoms. The molecule has 0 aromatic heterocycles. The van der Waals surface area contributed by atoms with Gasteiger partial charge in [-0.2, -0.15) is 0 Å². The van der Waals surface area contributed by atoms with E-state index in [4.69, 9.17) is 4.74 Å². The minimum absolute atomic E-state index is 0.0297. The van der Waals surface area contributed by atoms with Gasteiger partial charge in [0, 0.05) is 24.2 Å². The molecule has 0 unspecified atom stereocenters. The Morgan fingerprint density at radius 3 is 2.26 bits per heavy atom. The second-order valence-electron chi connectivity index (χ2n) is 9.94. The van der Waals surface area contributed by atoms with Crippen LogP contribution in [0.1, 0.15) is 41.5 Å². The number of hydrogen-bond acceptors (Lipinski definition) is 5. The smallest absolute Gasteiger partial charge is 0.261 e. The van der Waals surface area contributed by atoms with Crippen molar-refractivity contribution < 1.29 is 22.7 Å². The molecule has 0 bridgehead atoms. The van der Waals surface area contributed by atoms with Gasteiger partial charge in [0.1, 0.15) is 12.4 Å². The number of sulfonamides is 1. The molecule has 0 fully saturated rings. The molecule has 0 atom stereocenters. The third kappa shape index (κ3) is 5.70. The average molecular weight is 488 g/mol. The number of rotatable bonds is 7. The van der Waals surface area contributed by atoms with Crippen LogP contribution >= 0.6 is 0 Å². The van der Waals surface area contributed by atoms with Crippen LogP contribution in [0.25, 0.3) is 0 Å².